The Balaban J connectivity index is 1.83. The Morgan fingerprint density at radius 2 is 1.73 bits per heavy atom. The van der Waals surface area contributed by atoms with Gasteiger partial charge in [0.25, 0.3) is 0 Å². The Bertz CT molecular complexity index is 726. The third-order valence-corrected chi connectivity index (χ3v) is 3.98. The molecule has 0 fully saturated rings. The highest BCUT2D eigenvalue weighted by Crippen LogP contribution is 2.15. The standard InChI is InChI=1S/C21H26N2O3/c1-3-5-14-26-21(25)17-10-12-18(13-11-17)22-15-20(24)23-19-9-7-6-8-16(19)4-2/h6-13,22H,3-5,14-15H2,1-2H3,(H,23,24). The number of hydrogen-bond acceptors (Lipinski definition) is 4. The molecule has 0 saturated heterocycles. The first-order chi connectivity index (χ1) is 12.6. The van der Waals surface area contributed by atoms with Crippen LogP contribution in [0.2, 0.25) is 0 Å². The van der Waals surface area contributed by atoms with Crippen molar-refractivity contribution < 1.29 is 14.3 Å². The number of anilines is 2. The lowest BCUT2D eigenvalue weighted by atomic mass is 10.1. The third kappa shape index (κ3) is 5.92. The summed E-state index contributed by atoms with van der Waals surface area (Å²) >= 11 is 0. The summed E-state index contributed by atoms with van der Waals surface area (Å²) in [6.45, 7) is 4.69. The number of carbonyl (C=O) groups is 2. The monoisotopic (exact) mass is 354 g/mol. The van der Waals surface area contributed by atoms with E-state index >= 15 is 0 Å². The van der Waals surface area contributed by atoms with Crippen LogP contribution in [-0.4, -0.2) is 25.0 Å². The summed E-state index contributed by atoms with van der Waals surface area (Å²) < 4.78 is 5.17. The van der Waals surface area contributed by atoms with Crippen molar-refractivity contribution in [1.82, 2.24) is 0 Å². The average molecular weight is 354 g/mol. The second kappa shape index (κ2) is 10.2. The summed E-state index contributed by atoms with van der Waals surface area (Å²) in [7, 11) is 0. The molecule has 0 saturated carbocycles. The Morgan fingerprint density at radius 1 is 1.00 bits per heavy atom. The molecule has 26 heavy (non-hydrogen) atoms. The summed E-state index contributed by atoms with van der Waals surface area (Å²) in [5.74, 6) is -0.437. The summed E-state index contributed by atoms with van der Waals surface area (Å²) in [6.07, 6.45) is 2.71. The van der Waals surface area contributed by atoms with E-state index in [2.05, 4.69) is 17.6 Å². The van der Waals surface area contributed by atoms with E-state index in [1.165, 1.54) is 0 Å². The van der Waals surface area contributed by atoms with Crippen LogP contribution in [-0.2, 0) is 16.0 Å². The summed E-state index contributed by atoms with van der Waals surface area (Å²) in [5.41, 5.74) is 3.22. The maximum atomic E-state index is 12.1. The quantitative estimate of drug-likeness (QED) is 0.522. The Morgan fingerprint density at radius 3 is 2.42 bits per heavy atom. The molecular formula is C21H26N2O3. The van der Waals surface area contributed by atoms with Gasteiger partial charge in [-0.3, -0.25) is 4.79 Å². The normalized spacial score (nSPS) is 10.2. The number of rotatable bonds is 9. The average Bonchev–Trinajstić information content (AvgIpc) is 2.67. The number of nitrogens with one attached hydrogen (secondary N) is 2. The van der Waals surface area contributed by atoms with Crippen LogP contribution in [0.15, 0.2) is 48.5 Å². The van der Waals surface area contributed by atoms with Gasteiger partial charge in [0.15, 0.2) is 0 Å². The molecule has 0 aliphatic carbocycles. The lowest BCUT2D eigenvalue weighted by Gasteiger charge is -2.11. The zero-order valence-corrected chi connectivity index (χ0v) is 15.4. The highest BCUT2D eigenvalue weighted by Gasteiger charge is 2.08. The van der Waals surface area contributed by atoms with Crippen LogP contribution in [0.25, 0.3) is 0 Å². The number of benzene rings is 2. The van der Waals surface area contributed by atoms with Crippen molar-refractivity contribution in [2.75, 3.05) is 23.8 Å². The molecule has 2 aromatic rings. The van der Waals surface area contributed by atoms with Gasteiger partial charge in [0.1, 0.15) is 0 Å². The second-order valence-electron chi connectivity index (χ2n) is 5.98. The van der Waals surface area contributed by atoms with Gasteiger partial charge in [0.05, 0.1) is 18.7 Å². The topological polar surface area (TPSA) is 67.4 Å². The molecule has 0 atom stereocenters. The molecule has 0 spiro atoms. The number of carbonyl (C=O) groups excluding carboxylic acids is 2. The van der Waals surface area contributed by atoms with Gasteiger partial charge in [-0.2, -0.15) is 0 Å². The molecule has 1 amide bonds. The Labute approximate surface area is 154 Å². The molecule has 2 N–H and O–H groups in total. The minimum absolute atomic E-state index is 0.117. The molecular weight excluding hydrogens is 328 g/mol. The van der Waals surface area contributed by atoms with E-state index in [9.17, 15) is 9.59 Å². The largest absolute Gasteiger partial charge is 0.462 e. The molecule has 0 unspecified atom stereocenters. The van der Waals surface area contributed by atoms with Crippen LogP contribution in [0.5, 0.6) is 0 Å². The summed E-state index contributed by atoms with van der Waals surface area (Å²) in [5, 5.41) is 5.97. The van der Waals surface area contributed by atoms with E-state index < -0.39 is 0 Å². The van der Waals surface area contributed by atoms with Gasteiger partial charge in [0, 0.05) is 11.4 Å². The molecule has 2 aromatic carbocycles. The van der Waals surface area contributed by atoms with Crippen molar-refractivity contribution in [3.63, 3.8) is 0 Å². The van der Waals surface area contributed by atoms with E-state index in [0.29, 0.717) is 12.2 Å². The maximum absolute atomic E-state index is 12.1. The summed E-state index contributed by atoms with van der Waals surface area (Å²) in [6, 6.07) is 14.7. The van der Waals surface area contributed by atoms with Crippen molar-refractivity contribution in [2.45, 2.75) is 33.1 Å². The Kier molecular flexibility index (Phi) is 7.68. The first kappa shape index (κ1) is 19.5. The van der Waals surface area contributed by atoms with E-state index in [0.717, 1.165) is 36.2 Å². The molecule has 0 bridgehead atoms. The zero-order chi connectivity index (χ0) is 18.8. The van der Waals surface area contributed by atoms with Gasteiger partial charge in [-0.25, -0.2) is 4.79 Å². The number of ether oxygens (including phenoxy) is 1. The van der Waals surface area contributed by atoms with Gasteiger partial charge < -0.3 is 15.4 Å². The highest BCUT2D eigenvalue weighted by atomic mass is 16.5. The van der Waals surface area contributed by atoms with Gasteiger partial charge >= 0.3 is 5.97 Å². The third-order valence-electron chi connectivity index (χ3n) is 3.98. The van der Waals surface area contributed by atoms with Gasteiger partial charge in [0.2, 0.25) is 5.91 Å². The lowest BCUT2D eigenvalue weighted by molar-refractivity contribution is -0.114. The lowest BCUT2D eigenvalue weighted by Crippen LogP contribution is -2.22. The molecule has 0 aliphatic heterocycles. The molecule has 5 nitrogen and oxygen atoms in total. The van der Waals surface area contributed by atoms with Crippen molar-refractivity contribution in [3.05, 3.63) is 59.7 Å². The second-order valence-corrected chi connectivity index (χ2v) is 5.98. The predicted octanol–water partition coefficient (Wildman–Crippen LogP) is 4.26. The van der Waals surface area contributed by atoms with Crippen LogP contribution in [0.4, 0.5) is 11.4 Å². The van der Waals surface area contributed by atoms with Crippen LogP contribution >= 0.6 is 0 Å². The number of esters is 1. The molecule has 0 radical (unpaired) electrons. The minimum atomic E-state index is -0.320. The van der Waals surface area contributed by atoms with Crippen molar-refractivity contribution >= 4 is 23.3 Å². The minimum Gasteiger partial charge on any atom is -0.462 e. The Hall–Kier alpha value is -2.82. The molecule has 0 aliphatic rings. The summed E-state index contributed by atoms with van der Waals surface area (Å²) in [4.78, 5) is 24.0. The molecule has 5 heteroatoms. The molecule has 0 heterocycles. The number of hydrogen-bond donors (Lipinski definition) is 2. The van der Waals surface area contributed by atoms with Crippen LogP contribution in [0.3, 0.4) is 0 Å². The number of amides is 1. The smallest absolute Gasteiger partial charge is 0.338 e. The fraction of sp³-hybridized carbons (Fsp3) is 0.333. The molecule has 138 valence electrons. The fourth-order valence-corrected chi connectivity index (χ4v) is 2.44. The van der Waals surface area contributed by atoms with Crippen molar-refractivity contribution in [3.8, 4) is 0 Å². The SMILES string of the molecule is CCCCOC(=O)c1ccc(NCC(=O)Nc2ccccc2CC)cc1. The zero-order valence-electron chi connectivity index (χ0n) is 15.4. The number of unbranched alkanes of at least 4 members (excludes halogenated alkanes) is 1. The number of para-hydroxylation sites is 1. The van der Waals surface area contributed by atoms with Crippen LogP contribution < -0.4 is 10.6 Å². The number of aryl methyl sites for hydroxylation is 1. The van der Waals surface area contributed by atoms with Crippen LogP contribution in [0.1, 0.15) is 42.6 Å². The van der Waals surface area contributed by atoms with E-state index in [1.54, 1.807) is 24.3 Å². The van der Waals surface area contributed by atoms with Gasteiger partial charge in [-0.15, -0.1) is 0 Å². The fourth-order valence-electron chi connectivity index (χ4n) is 2.44. The predicted molar refractivity (Wildman–Crippen MR) is 105 cm³/mol. The first-order valence-corrected chi connectivity index (χ1v) is 9.02. The molecule has 0 aromatic heterocycles. The van der Waals surface area contributed by atoms with Gasteiger partial charge in [-0.05, 0) is 48.7 Å². The first-order valence-electron chi connectivity index (χ1n) is 9.02. The maximum Gasteiger partial charge on any atom is 0.338 e. The van der Waals surface area contributed by atoms with Crippen LogP contribution in [0, 0.1) is 0 Å². The van der Waals surface area contributed by atoms with E-state index in [1.807, 2.05) is 31.2 Å². The van der Waals surface area contributed by atoms with Crippen molar-refractivity contribution in [1.29, 1.82) is 0 Å². The van der Waals surface area contributed by atoms with E-state index in [-0.39, 0.29) is 18.4 Å². The molecule has 2 rings (SSSR count). The van der Waals surface area contributed by atoms with Crippen molar-refractivity contribution in [2.24, 2.45) is 0 Å². The van der Waals surface area contributed by atoms with E-state index in [4.69, 9.17) is 4.74 Å². The van der Waals surface area contributed by atoms with Gasteiger partial charge in [-0.1, -0.05) is 38.5 Å². The highest BCUT2D eigenvalue weighted by molar-refractivity contribution is 5.94.